The SMILES string of the molecule is CCC[N+](CC)(CCC)CCC.O=[N+]([O-])[O-]. The van der Waals surface area contributed by atoms with E-state index in [0.29, 0.717) is 0 Å². The first-order chi connectivity index (χ1) is 7.47. The van der Waals surface area contributed by atoms with Gasteiger partial charge in [-0.2, -0.15) is 0 Å². The molecule has 0 radical (unpaired) electrons. The van der Waals surface area contributed by atoms with Gasteiger partial charge in [-0.05, 0) is 26.2 Å². The first kappa shape index (κ1) is 17.6. The minimum atomic E-state index is -1.75. The van der Waals surface area contributed by atoms with Crippen LogP contribution in [0.25, 0.3) is 0 Å². The highest BCUT2D eigenvalue weighted by atomic mass is 16.9. The van der Waals surface area contributed by atoms with Gasteiger partial charge >= 0.3 is 0 Å². The standard InChI is InChI=1S/C11H26N.NO3/c1-5-9-12(8-4,10-6-2)11-7-3;2-1(3)4/h5-11H2,1-4H3;/q+1;-1. The third-order valence-electron chi connectivity index (χ3n) is 2.76. The first-order valence-corrected chi connectivity index (χ1v) is 6.14. The number of rotatable bonds is 7. The summed E-state index contributed by atoms with van der Waals surface area (Å²) in [6, 6.07) is 0. The second kappa shape index (κ2) is 10.7. The van der Waals surface area contributed by atoms with E-state index in [4.69, 9.17) is 15.3 Å². The van der Waals surface area contributed by atoms with E-state index in [9.17, 15) is 0 Å². The summed E-state index contributed by atoms with van der Waals surface area (Å²) in [5.41, 5.74) is 0. The Labute approximate surface area is 98.8 Å². The van der Waals surface area contributed by atoms with Crippen LogP contribution in [0, 0.1) is 15.3 Å². The van der Waals surface area contributed by atoms with Crippen molar-refractivity contribution in [3.8, 4) is 0 Å². The van der Waals surface area contributed by atoms with E-state index in [0.717, 1.165) is 0 Å². The number of hydrogen-bond acceptors (Lipinski definition) is 3. The lowest BCUT2D eigenvalue weighted by Crippen LogP contribution is -2.49. The van der Waals surface area contributed by atoms with Gasteiger partial charge < -0.3 is 19.8 Å². The minimum absolute atomic E-state index is 1.32. The van der Waals surface area contributed by atoms with Crippen LogP contribution in [0.4, 0.5) is 0 Å². The molecule has 0 aliphatic heterocycles. The van der Waals surface area contributed by atoms with Gasteiger partial charge in [0.05, 0.1) is 31.3 Å². The van der Waals surface area contributed by atoms with Gasteiger partial charge in [-0.25, -0.2) is 0 Å². The van der Waals surface area contributed by atoms with E-state index >= 15 is 0 Å². The van der Waals surface area contributed by atoms with Crippen LogP contribution in [0.5, 0.6) is 0 Å². The Bertz CT molecular complexity index is 154. The fourth-order valence-electron chi connectivity index (χ4n) is 2.23. The number of hydrogen-bond donors (Lipinski definition) is 0. The molecule has 0 heterocycles. The molecule has 5 nitrogen and oxygen atoms in total. The smallest absolute Gasteiger partial charge is 0.0783 e. The van der Waals surface area contributed by atoms with E-state index in [-0.39, 0.29) is 0 Å². The Balaban J connectivity index is 0. The van der Waals surface area contributed by atoms with E-state index in [1.807, 2.05) is 0 Å². The van der Waals surface area contributed by atoms with E-state index < -0.39 is 5.09 Å². The summed E-state index contributed by atoms with van der Waals surface area (Å²) in [7, 11) is 0. The van der Waals surface area contributed by atoms with E-state index in [2.05, 4.69) is 27.7 Å². The van der Waals surface area contributed by atoms with E-state index in [1.165, 1.54) is 49.9 Å². The fraction of sp³-hybridized carbons (Fsp3) is 1.00. The molecule has 0 saturated carbocycles. The molecular formula is C11H26N2O3. The van der Waals surface area contributed by atoms with Gasteiger partial charge in [0.25, 0.3) is 0 Å². The van der Waals surface area contributed by atoms with Crippen molar-refractivity contribution in [3.63, 3.8) is 0 Å². The van der Waals surface area contributed by atoms with Crippen LogP contribution >= 0.6 is 0 Å². The molecule has 98 valence electrons. The maximum absolute atomic E-state index is 8.25. The molecule has 0 spiro atoms. The average Bonchev–Trinajstić information content (AvgIpc) is 2.18. The average molecular weight is 234 g/mol. The lowest BCUT2D eigenvalue weighted by atomic mass is 10.2. The molecule has 0 fully saturated rings. The Morgan fingerprint density at radius 1 is 0.875 bits per heavy atom. The summed E-state index contributed by atoms with van der Waals surface area (Å²) in [5, 5.41) is 14.8. The zero-order valence-corrected chi connectivity index (χ0v) is 11.1. The van der Waals surface area contributed by atoms with Crippen LogP contribution in [0.1, 0.15) is 47.0 Å². The van der Waals surface area contributed by atoms with Crippen LogP contribution in [-0.4, -0.2) is 35.7 Å². The fourth-order valence-corrected chi connectivity index (χ4v) is 2.23. The topological polar surface area (TPSA) is 66.2 Å². The van der Waals surface area contributed by atoms with Crippen LogP contribution in [0.2, 0.25) is 0 Å². The second-order valence-electron chi connectivity index (χ2n) is 4.05. The molecule has 16 heavy (non-hydrogen) atoms. The van der Waals surface area contributed by atoms with Gasteiger partial charge in [0.1, 0.15) is 0 Å². The molecule has 0 unspecified atom stereocenters. The molecule has 0 aromatic heterocycles. The summed E-state index contributed by atoms with van der Waals surface area (Å²) in [5.74, 6) is 0. The normalized spacial score (nSPS) is 10.5. The van der Waals surface area contributed by atoms with Gasteiger partial charge in [0, 0.05) is 0 Å². The minimum Gasteiger partial charge on any atom is -0.356 e. The van der Waals surface area contributed by atoms with Crippen LogP contribution < -0.4 is 0 Å². The van der Waals surface area contributed by atoms with Crippen molar-refractivity contribution in [2.24, 2.45) is 0 Å². The number of quaternary nitrogens is 1. The van der Waals surface area contributed by atoms with Crippen molar-refractivity contribution in [2.75, 3.05) is 26.2 Å². The van der Waals surface area contributed by atoms with Gasteiger partial charge in [-0.1, -0.05) is 20.8 Å². The van der Waals surface area contributed by atoms with Crippen LogP contribution in [0.15, 0.2) is 0 Å². The molecule has 0 atom stereocenters. The molecule has 0 aromatic carbocycles. The molecular weight excluding hydrogens is 208 g/mol. The number of nitrogens with zero attached hydrogens (tertiary/aromatic N) is 2. The maximum atomic E-state index is 8.25. The Morgan fingerprint density at radius 2 is 1.12 bits per heavy atom. The zero-order valence-electron chi connectivity index (χ0n) is 11.1. The molecule has 0 aliphatic rings. The predicted octanol–water partition coefficient (Wildman–Crippen LogP) is 2.81. The van der Waals surface area contributed by atoms with Gasteiger partial charge in [0.2, 0.25) is 0 Å². The molecule has 0 aromatic rings. The molecule has 0 bridgehead atoms. The lowest BCUT2D eigenvalue weighted by molar-refractivity contribution is -0.926. The van der Waals surface area contributed by atoms with Gasteiger partial charge in [0.15, 0.2) is 0 Å². The van der Waals surface area contributed by atoms with Crippen molar-refractivity contribution in [3.05, 3.63) is 15.3 Å². The lowest BCUT2D eigenvalue weighted by Gasteiger charge is -2.37. The summed E-state index contributed by atoms with van der Waals surface area (Å²) < 4.78 is 1.35. The Morgan fingerprint density at radius 3 is 1.25 bits per heavy atom. The quantitative estimate of drug-likeness (QED) is 0.386. The van der Waals surface area contributed by atoms with Crippen molar-refractivity contribution in [2.45, 2.75) is 47.0 Å². The molecule has 0 amide bonds. The highest BCUT2D eigenvalue weighted by Gasteiger charge is 2.21. The third-order valence-corrected chi connectivity index (χ3v) is 2.76. The third kappa shape index (κ3) is 9.71. The van der Waals surface area contributed by atoms with E-state index in [1.54, 1.807) is 0 Å². The summed E-state index contributed by atoms with van der Waals surface area (Å²) >= 11 is 0. The van der Waals surface area contributed by atoms with Crippen molar-refractivity contribution in [1.29, 1.82) is 0 Å². The molecule has 0 saturated heterocycles. The molecule has 5 heteroatoms. The second-order valence-corrected chi connectivity index (χ2v) is 4.05. The van der Waals surface area contributed by atoms with Crippen LogP contribution in [-0.2, 0) is 0 Å². The van der Waals surface area contributed by atoms with Crippen LogP contribution in [0.3, 0.4) is 0 Å². The molecule has 0 aliphatic carbocycles. The molecule has 0 rings (SSSR count). The monoisotopic (exact) mass is 234 g/mol. The predicted molar refractivity (Wildman–Crippen MR) is 66.6 cm³/mol. The highest BCUT2D eigenvalue weighted by molar-refractivity contribution is 4.41. The van der Waals surface area contributed by atoms with Crippen molar-refractivity contribution >= 4 is 0 Å². The van der Waals surface area contributed by atoms with Crippen molar-refractivity contribution < 1.29 is 9.57 Å². The molecule has 0 N–H and O–H groups in total. The maximum Gasteiger partial charge on any atom is 0.0783 e. The first-order valence-electron chi connectivity index (χ1n) is 6.14. The largest absolute Gasteiger partial charge is 0.356 e. The van der Waals surface area contributed by atoms with Crippen molar-refractivity contribution in [1.82, 2.24) is 0 Å². The Hall–Kier alpha value is -0.840. The highest BCUT2D eigenvalue weighted by Crippen LogP contribution is 2.10. The summed E-state index contributed by atoms with van der Waals surface area (Å²) in [4.78, 5) is 8.25. The Kier molecular flexibility index (Phi) is 11.7. The zero-order chi connectivity index (χ0) is 13.0. The summed E-state index contributed by atoms with van der Waals surface area (Å²) in [6.45, 7) is 14.7. The van der Waals surface area contributed by atoms with Gasteiger partial charge in [-0.3, -0.25) is 0 Å². The summed E-state index contributed by atoms with van der Waals surface area (Å²) in [6.07, 6.45) is 3.98. The van der Waals surface area contributed by atoms with Gasteiger partial charge in [-0.15, -0.1) is 0 Å².